The number of ether oxygens (including phenoxy) is 1. The van der Waals surface area contributed by atoms with Crippen molar-refractivity contribution in [1.82, 2.24) is 9.80 Å². The highest BCUT2D eigenvalue weighted by Gasteiger charge is 2.38. The number of fused-ring (bicyclic) bond motifs is 4. The largest absolute Gasteiger partial charge is 0.494 e. The summed E-state index contributed by atoms with van der Waals surface area (Å²) in [5.41, 5.74) is 3.16. The Morgan fingerprint density at radius 3 is 2.63 bits per heavy atom. The van der Waals surface area contributed by atoms with Gasteiger partial charge in [0.15, 0.2) is 11.6 Å². The predicted octanol–water partition coefficient (Wildman–Crippen LogP) is 4.04. The second-order valence-corrected chi connectivity index (χ2v) is 8.93. The number of halogens is 1. The molecule has 4 aliphatic rings. The average molecular weight is 409 g/mol. The zero-order valence-corrected chi connectivity index (χ0v) is 17.5. The summed E-state index contributed by atoms with van der Waals surface area (Å²) in [4.78, 5) is 18.0. The number of nitrogens with zero attached hydrogens (tertiary/aromatic N) is 2. The highest BCUT2D eigenvalue weighted by atomic mass is 19.1. The van der Waals surface area contributed by atoms with Gasteiger partial charge < -0.3 is 14.5 Å². The van der Waals surface area contributed by atoms with Crippen LogP contribution in [0.15, 0.2) is 42.5 Å². The Hall–Kier alpha value is -2.40. The van der Waals surface area contributed by atoms with Crippen molar-refractivity contribution in [3.8, 4) is 5.75 Å². The number of hydrogen-bond donors (Lipinski definition) is 0. The minimum absolute atomic E-state index is 0.199. The van der Waals surface area contributed by atoms with Crippen LogP contribution < -0.4 is 4.74 Å². The smallest absolute Gasteiger partial charge is 0.223 e. The molecule has 0 radical (unpaired) electrons. The molecular formula is C25H29FN2O2. The van der Waals surface area contributed by atoms with Gasteiger partial charge in [-0.1, -0.05) is 30.3 Å². The molecule has 30 heavy (non-hydrogen) atoms. The summed E-state index contributed by atoms with van der Waals surface area (Å²) >= 11 is 0. The quantitative estimate of drug-likeness (QED) is 0.766. The minimum Gasteiger partial charge on any atom is -0.494 e. The van der Waals surface area contributed by atoms with E-state index in [2.05, 4.69) is 17.0 Å². The fourth-order valence-corrected chi connectivity index (χ4v) is 5.71. The first-order valence-electron chi connectivity index (χ1n) is 11.1. The van der Waals surface area contributed by atoms with E-state index in [0.717, 1.165) is 24.1 Å². The van der Waals surface area contributed by atoms with Crippen molar-refractivity contribution in [1.29, 1.82) is 0 Å². The summed E-state index contributed by atoms with van der Waals surface area (Å²) in [6.07, 6.45) is 3.87. The molecule has 4 nitrogen and oxygen atoms in total. The Balaban J connectivity index is 1.45. The van der Waals surface area contributed by atoms with E-state index in [-0.39, 0.29) is 23.5 Å². The Kier molecular flexibility index (Phi) is 5.23. The number of amides is 1. The van der Waals surface area contributed by atoms with E-state index in [1.165, 1.54) is 44.7 Å². The van der Waals surface area contributed by atoms with Crippen LogP contribution in [0.4, 0.5) is 4.39 Å². The molecular weight excluding hydrogens is 379 g/mol. The van der Waals surface area contributed by atoms with Gasteiger partial charge in [-0.3, -0.25) is 4.79 Å². The minimum atomic E-state index is -0.386. The standard InChI is InChI=1S/C25H29FN2O2/c1-30-23-7-6-19(14-22(23)26)25-21-5-3-2-4-18(21)10-13-28(25)24(29)15-20-16-27-11-8-17(20)9-12-27/h2-7,14,17,20,25H,8-13,15-16H2,1H3/t20-,25+/m1/s1. The van der Waals surface area contributed by atoms with Crippen molar-refractivity contribution in [2.75, 3.05) is 33.3 Å². The molecule has 0 saturated carbocycles. The van der Waals surface area contributed by atoms with Crippen LogP contribution >= 0.6 is 0 Å². The normalized spacial score (nSPS) is 27.6. The Morgan fingerprint density at radius 1 is 1.13 bits per heavy atom. The van der Waals surface area contributed by atoms with Gasteiger partial charge in [0.25, 0.3) is 0 Å². The Labute approximate surface area is 177 Å². The van der Waals surface area contributed by atoms with Crippen LogP contribution in [0, 0.1) is 17.7 Å². The Bertz CT molecular complexity index is 938. The van der Waals surface area contributed by atoms with E-state index >= 15 is 0 Å². The maximum atomic E-state index is 14.6. The Morgan fingerprint density at radius 2 is 1.93 bits per heavy atom. The molecule has 2 bridgehead atoms. The molecule has 2 aromatic rings. The van der Waals surface area contributed by atoms with E-state index in [1.54, 1.807) is 6.07 Å². The maximum absolute atomic E-state index is 14.6. The molecule has 5 heteroatoms. The van der Waals surface area contributed by atoms with E-state index < -0.39 is 0 Å². The first-order chi connectivity index (χ1) is 14.6. The predicted molar refractivity (Wildman–Crippen MR) is 114 cm³/mol. The van der Waals surface area contributed by atoms with Gasteiger partial charge in [0.1, 0.15) is 0 Å². The van der Waals surface area contributed by atoms with Crippen LogP contribution in [0.1, 0.15) is 42.0 Å². The molecule has 6 rings (SSSR count). The summed E-state index contributed by atoms with van der Waals surface area (Å²) in [5.74, 6) is 1.17. The number of hydrogen-bond acceptors (Lipinski definition) is 3. The number of piperidine rings is 3. The van der Waals surface area contributed by atoms with Gasteiger partial charge in [-0.25, -0.2) is 4.39 Å². The van der Waals surface area contributed by atoms with Gasteiger partial charge in [0.05, 0.1) is 13.2 Å². The highest BCUT2D eigenvalue weighted by Crippen LogP contribution is 2.39. The van der Waals surface area contributed by atoms with Crippen LogP contribution in [-0.2, 0) is 11.2 Å². The van der Waals surface area contributed by atoms with E-state index in [4.69, 9.17) is 4.74 Å². The van der Waals surface area contributed by atoms with Crippen molar-refractivity contribution < 1.29 is 13.9 Å². The summed E-state index contributed by atoms with van der Waals surface area (Å²) < 4.78 is 19.6. The molecule has 0 N–H and O–H groups in total. The molecule has 2 aromatic carbocycles. The van der Waals surface area contributed by atoms with Crippen LogP contribution in [0.5, 0.6) is 5.75 Å². The van der Waals surface area contributed by atoms with Crippen molar-refractivity contribution in [3.63, 3.8) is 0 Å². The number of methoxy groups -OCH3 is 1. The number of carbonyl (C=O) groups excluding carboxylic acids is 1. The molecule has 4 aliphatic heterocycles. The lowest BCUT2D eigenvalue weighted by Crippen LogP contribution is -2.49. The molecule has 1 amide bonds. The van der Waals surface area contributed by atoms with Gasteiger partial charge in [0, 0.05) is 19.5 Å². The summed E-state index contributed by atoms with van der Waals surface area (Å²) in [6, 6.07) is 13.1. The number of benzene rings is 2. The third-order valence-corrected chi connectivity index (χ3v) is 7.32. The molecule has 2 atom stereocenters. The number of carbonyl (C=O) groups is 1. The third kappa shape index (κ3) is 3.49. The zero-order valence-electron chi connectivity index (χ0n) is 17.5. The first-order valence-corrected chi connectivity index (χ1v) is 11.1. The fourth-order valence-electron chi connectivity index (χ4n) is 5.71. The van der Waals surface area contributed by atoms with Crippen LogP contribution in [0.25, 0.3) is 0 Å². The number of rotatable bonds is 4. The van der Waals surface area contributed by atoms with Crippen molar-refractivity contribution in [2.24, 2.45) is 11.8 Å². The SMILES string of the molecule is COc1ccc([C@H]2c3ccccc3CCN2C(=O)C[C@@H]2CN3CCC2CC3)cc1F. The lowest BCUT2D eigenvalue weighted by atomic mass is 9.77. The molecule has 0 aliphatic carbocycles. The molecule has 3 saturated heterocycles. The fraction of sp³-hybridized carbons (Fsp3) is 0.480. The van der Waals surface area contributed by atoms with Gasteiger partial charge in [-0.2, -0.15) is 0 Å². The molecule has 158 valence electrons. The lowest BCUT2D eigenvalue weighted by molar-refractivity contribution is -0.136. The van der Waals surface area contributed by atoms with Crippen molar-refractivity contribution in [3.05, 3.63) is 65.0 Å². The third-order valence-electron chi connectivity index (χ3n) is 7.32. The maximum Gasteiger partial charge on any atom is 0.223 e. The average Bonchev–Trinajstić information content (AvgIpc) is 2.79. The van der Waals surface area contributed by atoms with E-state index in [9.17, 15) is 9.18 Å². The molecule has 0 spiro atoms. The monoisotopic (exact) mass is 408 g/mol. The topological polar surface area (TPSA) is 32.8 Å². The highest BCUT2D eigenvalue weighted by molar-refractivity contribution is 5.78. The lowest BCUT2D eigenvalue weighted by Gasteiger charge is -2.46. The zero-order chi connectivity index (χ0) is 20.7. The first kappa shape index (κ1) is 19.6. The van der Waals surface area contributed by atoms with E-state index in [1.807, 2.05) is 23.1 Å². The molecule has 0 unspecified atom stereocenters. The van der Waals surface area contributed by atoms with E-state index in [0.29, 0.717) is 24.8 Å². The second kappa shape index (κ2) is 8.03. The van der Waals surface area contributed by atoms with Crippen LogP contribution in [0.3, 0.4) is 0 Å². The van der Waals surface area contributed by atoms with Gasteiger partial charge >= 0.3 is 0 Å². The van der Waals surface area contributed by atoms with Crippen LogP contribution in [-0.4, -0.2) is 49.0 Å². The van der Waals surface area contributed by atoms with Crippen molar-refractivity contribution in [2.45, 2.75) is 31.7 Å². The summed E-state index contributed by atoms with van der Waals surface area (Å²) in [7, 11) is 1.47. The van der Waals surface area contributed by atoms with Gasteiger partial charge in [-0.15, -0.1) is 0 Å². The van der Waals surface area contributed by atoms with Gasteiger partial charge in [-0.05, 0) is 73.0 Å². The molecule has 4 heterocycles. The summed E-state index contributed by atoms with van der Waals surface area (Å²) in [6.45, 7) is 4.08. The molecule has 3 fully saturated rings. The van der Waals surface area contributed by atoms with Crippen molar-refractivity contribution >= 4 is 5.91 Å². The second-order valence-electron chi connectivity index (χ2n) is 8.93. The molecule has 0 aromatic heterocycles. The summed E-state index contributed by atoms with van der Waals surface area (Å²) in [5, 5.41) is 0. The van der Waals surface area contributed by atoms with Gasteiger partial charge in [0.2, 0.25) is 5.91 Å². The van der Waals surface area contributed by atoms with Crippen LogP contribution in [0.2, 0.25) is 0 Å².